The Morgan fingerprint density at radius 1 is 1.00 bits per heavy atom. The molecule has 2 aromatic rings. The zero-order chi connectivity index (χ0) is 17.2. The van der Waals surface area contributed by atoms with Crippen LogP contribution >= 0.6 is 0 Å². The topological polar surface area (TPSA) is 57.2 Å². The number of amides is 1. The van der Waals surface area contributed by atoms with Crippen molar-refractivity contribution in [3.63, 3.8) is 0 Å². The van der Waals surface area contributed by atoms with Crippen LogP contribution in [0.2, 0.25) is 0 Å². The quantitative estimate of drug-likeness (QED) is 0.858. The van der Waals surface area contributed by atoms with E-state index in [9.17, 15) is 4.79 Å². The van der Waals surface area contributed by atoms with E-state index in [0.717, 1.165) is 5.75 Å². The molecule has 2 aromatic carbocycles. The van der Waals surface area contributed by atoms with Crippen LogP contribution in [0, 0.1) is 0 Å². The van der Waals surface area contributed by atoms with Gasteiger partial charge in [-0.15, -0.1) is 0 Å². The number of hydrogen-bond donors (Lipinski definition) is 0. The van der Waals surface area contributed by atoms with Crippen LogP contribution in [0.4, 0.5) is 0 Å². The molecule has 0 aliphatic carbocycles. The molecule has 0 N–H and O–H groups in total. The number of carbonyl (C=O) groups excluding carboxylic acids is 1. The van der Waals surface area contributed by atoms with Gasteiger partial charge in [-0.2, -0.15) is 0 Å². The van der Waals surface area contributed by atoms with Gasteiger partial charge in [-0.1, -0.05) is 18.2 Å². The van der Waals surface area contributed by atoms with Gasteiger partial charge in [-0.25, -0.2) is 0 Å². The highest BCUT2D eigenvalue weighted by molar-refractivity contribution is 5.97. The first-order chi connectivity index (χ1) is 12.2. The Labute approximate surface area is 145 Å². The number of likely N-dealkylation sites (N-methyl/N-ethyl adjacent to an activating group) is 1. The molecule has 6 nitrogen and oxygen atoms in total. The Morgan fingerprint density at radius 2 is 1.76 bits per heavy atom. The minimum absolute atomic E-state index is 0.134. The summed E-state index contributed by atoms with van der Waals surface area (Å²) >= 11 is 0. The monoisotopic (exact) mass is 341 g/mol. The Morgan fingerprint density at radius 3 is 2.64 bits per heavy atom. The lowest BCUT2D eigenvalue weighted by Gasteiger charge is -2.30. The van der Waals surface area contributed by atoms with Crippen LogP contribution in [0.1, 0.15) is 10.4 Å². The molecule has 4 rings (SSSR count). The number of nitrogens with zero attached hydrogens (tertiary/aromatic N) is 1. The van der Waals surface area contributed by atoms with Gasteiger partial charge in [0, 0.05) is 7.05 Å². The fourth-order valence-corrected chi connectivity index (χ4v) is 2.99. The second-order valence-electron chi connectivity index (χ2n) is 6.01. The fraction of sp³-hybridized carbons (Fsp3) is 0.316. The summed E-state index contributed by atoms with van der Waals surface area (Å²) < 4.78 is 22.8. The van der Waals surface area contributed by atoms with Crippen molar-refractivity contribution >= 4 is 5.91 Å². The normalized spacial score (nSPS) is 17.7. The lowest BCUT2D eigenvalue weighted by atomic mass is 10.1. The first-order valence-electron chi connectivity index (χ1n) is 8.25. The predicted octanol–water partition coefficient (Wildman–Crippen LogP) is 2.37. The molecular formula is C19H19NO5. The third-order valence-electron chi connectivity index (χ3n) is 4.19. The van der Waals surface area contributed by atoms with Crippen molar-refractivity contribution in [1.82, 2.24) is 4.90 Å². The van der Waals surface area contributed by atoms with Crippen LogP contribution in [-0.2, 0) is 0 Å². The smallest absolute Gasteiger partial charge is 0.257 e. The highest BCUT2D eigenvalue weighted by Crippen LogP contribution is 2.34. The van der Waals surface area contributed by atoms with Crippen LogP contribution in [0.15, 0.2) is 42.5 Å². The van der Waals surface area contributed by atoms with Crippen LogP contribution in [0.25, 0.3) is 0 Å². The molecule has 2 aliphatic heterocycles. The van der Waals surface area contributed by atoms with Gasteiger partial charge >= 0.3 is 0 Å². The van der Waals surface area contributed by atoms with Crippen molar-refractivity contribution in [2.24, 2.45) is 0 Å². The Hall–Kier alpha value is -2.89. The van der Waals surface area contributed by atoms with E-state index in [2.05, 4.69) is 0 Å². The number of ether oxygens (including phenoxy) is 4. The Kier molecular flexibility index (Phi) is 4.09. The zero-order valence-corrected chi connectivity index (χ0v) is 13.9. The van der Waals surface area contributed by atoms with E-state index in [1.807, 2.05) is 24.3 Å². The summed E-state index contributed by atoms with van der Waals surface area (Å²) in [5, 5.41) is 0. The van der Waals surface area contributed by atoms with Crippen molar-refractivity contribution in [3.05, 3.63) is 48.0 Å². The average molecular weight is 341 g/mol. The second-order valence-corrected chi connectivity index (χ2v) is 6.01. The number of hydrogen-bond acceptors (Lipinski definition) is 5. The largest absolute Gasteiger partial charge is 0.486 e. The number of carbonyl (C=O) groups is 1. The molecule has 0 saturated carbocycles. The van der Waals surface area contributed by atoms with Crippen molar-refractivity contribution in [2.75, 3.05) is 33.4 Å². The lowest BCUT2D eigenvalue weighted by Crippen LogP contribution is -2.42. The molecule has 25 heavy (non-hydrogen) atoms. The van der Waals surface area contributed by atoms with E-state index < -0.39 is 0 Å². The van der Waals surface area contributed by atoms with Gasteiger partial charge in [0.1, 0.15) is 19.8 Å². The van der Waals surface area contributed by atoms with Gasteiger partial charge in [0.05, 0.1) is 12.1 Å². The predicted molar refractivity (Wildman–Crippen MR) is 90.7 cm³/mol. The molecule has 0 aromatic heterocycles. The highest BCUT2D eigenvalue weighted by Gasteiger charge is 2.27. The van der Waals surface area contributed by atoms with E-state index in [-0.39, 0.29) is 12.0 Å². The van der Waals surface area contributed by atoms with E-state index >= 15 is 0 Å². The summed E-state index contributed by atoms with van der Waals surface area (Å²) in [6.45, 7) is 1.75. The summed E-state index contributed by atoms with van der Waals surface area (Å²) in [5.74, 6) is 2.42. The summed E-state index contributed by atoms with van der Waals surface area (Å²) in [5.41, 5.74) is 0.497. The van der Waals surface area contributed by atoms with Crippen molar-refractivity contribution < 1.29 is 23.7 Å². The molecule has 0 unspecified atom stereocenters. The van der Waals surface area contributed by atoms with E-state index in [4.69, 9.17) is 18.9 Å². The first kappa shape index (κ1) is 15.6. The summed E-state index contributed by atoms with van der Waals surface area (Å²) in [6.07, 6.45) is -0.222. The molecule has 0 spiro atoms. The van der Waals surface area contributed by atoms with E-state index in [1.165, 1.54) is 0 Å². The van der Waals surface area contributed by atoms with Crippen molar-refractivity contribution in [1.29, 1.82) is 0 Å². The van der Waals surface area contributed by atoms with Gasteiger partial charge in [0.15, 0.2) is 29.1 Å². The number of para-hydroxylation sites is 3. The van der Waals surface area contributed by atoms with Crippen LogP contribution in [0.5, 0.6) is 23.0 Å². The number of fused-ring (bicyclic) bond motifs is 2. The van der Waals surface area contributed by atoms with Crippen molar-refractivity contribution in [3.8, 4) is 23.0 Å². The zero-order valence-electron chi connectivity index (χ0n) is 13.9. The Bertz CT molecular complexity index is 791. The summed E-state index contributed by atoms with van der Waals surface area (Å²) in [4.78, 5) is 14.5. The molecule has 1 amide bonds. The van der Waals surface area contributed by atoms with Crippen LogP contribution < -0.4 is 18.9 Å². The molecule has 0 radical (unpaired) electrons. The summed E-state index contributed by atoms with van der Waals surface area (Å²) in [7, 11) is 1.75. The molecule has 0 bridgehead atoms. The fourth-order valence-electron chi connectivity index (χ4n) is 2.99. The van der Waals surface area contributed by atoms with Crippen LogP contribution in [0.3, 0.4) is 0 Å². The molecule has 130 valence electrons. The molecule has 6 heteroatoms. The minimum Gasteiger partial charge on any atom is -0.486 e. The van der Waals surface area contributed by atoms with Gasteiger partial charge in [-0.3, -0.25) is 4.79 Å². The standard InChI is InChI=1S/C19H19NO5/c1-20(11-13-12-24-15-6-2-3-7-16(15)25-13)19(21)14-5-4-8-17-18(14)23-10-9-22-17/h2-8,13H,9-12H2,1H3/t13-/m0/s1. The maximum Gasteiger partial charge on any atom is 0.257 e. The second kappa shape index (κ2) is 6.55. The summed E-state index contributed by atoms with van der Waals surface area (Å²) in [6, 6.07) is 12.9. The third-order valence-corrected chi connectivity index (χ3v) is 4.19. The molecule has 2 heterocycles. The minimum atomic E-state index is -0.222. The molecule has 1 atom stereocenters. The lowest BCUT2D eigenvalue weighted by molar-refractivity contribution is 0.0516. The maximum absolute atomic E-state index is 12.8. The number of benzene rings is 2. The average Bonchev–Trinajstić information content (AvgIpc) is 2.67. The maximum atomic E-state index is 12.8. The number of rotatable bonds is 3. The molecular weight excluding hydrogens is 322 g/mol. The highest BCUT2D eigenvalue weighted by atomic mass is 16.6. The van der Waals surface area contributed by atoms with Gasteiger partial charge in [0.2, 0.25) is 0 Å². The van der Waals surface area contributed by atoms with Gasteiger partial charge in [-0.05, 0) is 24.3 Å². The van der Waals surface area contributed by atoms with Crippen molar-refractivity contribution in [2.45, 2.75) is 6.10 Å². The molecule has 0 saturated heterocycles. The van der Waals surface area contributed by atoms with Gasteiger partial charge < -0.3 is 23.8 Å². The SMILES string of the molecule is CN(C[C@H]1COc2ccccc2O1)C(=O)c1cccc2c1OCCO2. The van der Waals surface area contributed by atoms with Gasteiger partial charge in [0.25, 0.3) is 5.91 Å². The first-order valence-corrected chi connectivity index (χ1v) is 8.25. The van der Waals surface area contributed by atoms with Crippen LogP contribution in [-0.4, -0.2) is 50.3 Å². The Balaban J connectivity index is 1.47. The van der Waals surface area contributed by atoms with E-state index in [0.29, 0.717) is 49.2 Å². The van der Waals surface area contributed by atoms with E-state index in [1.54, 1.807) is 30.1 Å². The molecule has 2 aliphatic rings. The third kappa shape index (κ3) is 3.07. The molecule has 0 fully saturated rings.